The molecule has 2 aliphatic rings. The van der Waals surface area contributed by atoms with Gasteiger partial charge < -0.3 is 15.1 Å². The van der Waals surface area contributed by atoms with E-state index in [2.05, 4.69) is 26.8 Å². The molecule has 0 aliphatic carbocycles. The molecule has 1 saturated heterocycles. The number of hydrogen-bond acceptors (Lipinski definition) is 5. The highest BCUT2D eigenvalue weighted by Gasteiger charge is 2.32. The summed E-state index contributed by atoms with van der Waals surface area (Å²) < 4.78 is 0. The maximum absolute atomic E-state index is 12.9. The fourth-order valence-electron chi connectivity index (χ4n) is 3.44. The molecule has 4 rings (SSSR count). The van der Waals surface area contributed by atoms with E-state index in [1.54, 1.807) is 11.0 Å². The maximum atomic E-state index is 12.9. The fourth-order valence-corrected chi connectivity index (χ4v) is 3.44. The Morgan fingerprint density at radius 3 is 2.64 bits per heavy atom. The van der Waals surface area contributed by atoms with E-state index in [1.165, 1.54) is 12.8 Å². The van der Waals surface area contributed by atoms with Crippen molar-refractivity contribution in [2.75, 3.05) is 29.9 Å². The van der Waals surface area contributed by atoms with Crippen LogP contribution >= 0.6 is 0 Å². The van der Waals surface area contributed by atoms with Gasteiger partial charge in [0, 0.05) is 43.3 Å². The molecule has 0 saturated carbocycles. The molecule has 1 atom stereocenters. The molecule has 128 valence electrons. The summed E-state index contributed by atoms with van der Waals surface area (Å²) in [5.74, 6) is 0.752. The Hall–Kier alpha value is -2.89. The van der Waals surface area contributed by atoms with Crippen LogP contribution in [0, 0.1) is 0 Å². The van der Waals surface area contributed by atoms with Crippen LogP contribution in [0.15, 0.2) is 49.3 Å². The first-order chi connectivity index (χ1) is 12.3. The number of rotatable bonds is 4. The number of fused-ring (bicyclic) bond motifs is 1. The molecule has 1 aromatic carbocycles. The Bertz CT molecular complexity index is 783. The van der Waals surface area contributed by atoms with Gasteiger partial charge in [0.25, 0.3) is 5.91 Å². The SMILES string of the molecule is C=CCN1C(=O)c2ccccc2N[C@H]1c1cnc(N2CCCC2)nc1. The number of nitrogens with one attached hydrogen (secondary N) is 1. The minimum atomic E-state index is -0.298. The molecule has 6 heteroatoms. The molecular formula is C19H21N5O. The van der Waals surface area contributed by atoms with Gasteiger partial charge in [-0.3, -0.25) is 4.79 Å². The number of aromatic nitrogens is 2. The van der Waals surface area contributed by atoms with Crippen LogP contribution in [0.1, 0.15) is 34.9 Å². The van der Waals surface area contributed by atoms with Crippen LogP contribution in [0.2, 0.25) is 0 Å². The molecule has 0 spiro atoms. The van der Waals surface area contributed by atoms with Crippen LogP contribution in [-0.2, 0) is 0 Å². The smallest absolute Gasteiger partial charge is 0.258 e. The van der Waals surface area contributed by atoms with E-state index in [4.69, 9.17) is 0 Å². The minimum Gasteiger partial charge on any atom is -0.361 e. The highest BCUT2D eigenvalue weighted by atomic mass is 16.2. The van der Waals surface area contributed by atoms with Gasteiger partial charge in [-0.25, -0.2) is 9.97 Å². The molecule has 2 aliphatic heterocycles. The number of carbonyl (C=O) groups is 1. The van der Waals surface area contributed by atoms with E-state index in [1.807, 2.05) is 36.7 Å². The van der Waals surface area contributed by atoms with Crippen LogP contribution in [-0.4, -0.2) is 40.4 Å². The number of benzene rings is 1. The average molecular weight is 335 g/mol. The first-order valence-corrected chi connectivity index (χ1v) is 8.62. The summed E-state index contributed by atoms with van der Waals surface area (Å²) in [6, 6.07) is 7.56. The van der Waals surface area contributed by atoms with Gasteiger partial charge in [-0.05, 0) is 25.0 Å². The Morgan fingerprint density at radius 1 is 1.20 bits per heavy atom. The summed E-state index contributed by atoms with van der Waals surface area (Å²) in [5, 5.41) is 3.43. The Morgan fingerprint density at radius 2 is 1.92 bits per heavy atom. The third kappa shape index (κ3) is 2.84. The summed E-state index contributed by atoms with van der Waals surface area (Å²) >= 11 is 0. The first-order valence-electron chi connectivity index (χ1n) is 8.62. The van der Waals surface area contributed by atoms with E-state index >= 15 is 0 Å². The van der Waals surface area contributed by atoms with Crippen molar-refractivity contribution in [2.24, 2.45) is 0 Å². The van der Waals surface area contributed by atoms with E-state index in [0.717, 1.165) is 30.3 Å². The Kier molecular flexibility index (Phi) is 4.09. The summed E-state index contributed by atoms with van der Waals surface area (Å²) in [4.78, 5) is 25.8. The number of para-hydroxylation sites is 1. The van der Waals surface area contributed by atoms with E-state index in [9.17, 15) is 4.79 Å². The molecule has 2 aromatic rings. The van der Waals surface area contributed by atoms with Crippen LogP contribution < -0.4 is 10.2 Å². The monoisotopic (exact) mass is 335 g/mol. The number of anilines is 2. The highest BCUT2D eigenvalue weighted by Crippen LogP contribution is 2.32. The van der Waals surface area contributed by atoms with Crippen molar-refractivity contribution in [3.05, 3.63) is 60.4 Å². The molecule has 1 aromatic heterocycles. The number of amides is 1. The van der Waals surface area contributed by atoms with Crippen molar-refractivity contribution in [3.8, 4) is 0 Å². The van der Waals surface area contributed by atoms with Crippen molar-refractivity contribution in [1.82, 2.24) is 14.9 Å². The molecule has 1 amide bonds. The standard InChI is InChI=1S/C19H21N5O/c1-2-9-24-17(22-16-8-4-3-7-15(16)18(24)25)14-12-20-19(21-13-14)23-10-5-6-11-23/h2-4,7-8,12-13,17,22H,1,5-6,9-11H2/t17-/m1/s1. The molecule has 1 fully saturated rings. The zero-order valence-corrected chi connectivity index (χ0v) is 14.1. The fraction of sp³-hybridized carbons (Fsp3) is 0.316. The molecule has 25 heavy (non-hydrogen) atoms. The summed E-state index contributed by atoms with van der Waals surface area (Å²) in [6.07, 6.45) is 7.44. The van der Waals surface area contributed by atoms with Gasteiger partial charge >= 0.3 is 0 Å². The largest absolute Gasteiger partial charge is 0.361 e. The second kappa shape index (κ2) is 6.55. The quantitative estimate of drug-likeness (QED) is 0.871. The third-order valence-electron chi connectivity index (χ3n) is 4.71. The van der Waals surface area contributed by atoms with Gasteiger partial charge in [-0.15, -0.1) is 6.58 Å². The normalized spacial score (nSPS) is 19.5. The van der Waals surface area contributed by atoms with Crippen molar-refractivity contribution in [1.29, 1.82) is 0 Å². The van der Waals surface area contributed by atoms with Gasteiger partial charge in [0.15, 0.2) is 0 Å². The lowest BCUT2D eigenvalue weighted by Crippen LogP contribution is -2.43. The van der Waals surface area contributed by atoms with Crippen LogP contribution in [0.3, 0.4) is 0 Å². The molecule has 6 nitrogen and oxygen atoms in total. The van der Waals surface area contributed by atoms with E-state index in [0.29, 0.717) is 12.1 Å². The van der Waals surface area contributed by atoms with Gasteiger partial charge in [0.1, 0.15) is 6.17 Å². The van der Waals surface area contributed by atoms with Gasteiger partial charge in [-0.1, -0.05) is 18.2 Å². The van der Waals surface area contributed by atoms with Crippen molar-refractivity contribution >= 4 is 17.5 Å². The zero-order valence-electron chi connectivity index (χ0n) is 14.1. The van der Waals surface area contributed by atoms with Crippen molar-refractivity contribution in [2.45, 2.75) is 19.0 Å². The average Bonchev–Trinajstić information content (AvgIpc) is 3.19. The molecular weight excluding hydrogens is 314 g/mol. The molecule has 0 bridgehead atoms. The van der Waals surface area contributed by atoms with Crippen molar-refractivity contribution in [3.63, 3.8) is 0 Å². The van der Waals surface area contributed by atoms with Gasteiger partial charge in [0.2, 0.25) is 5.95 Å². The van der Waals surface area contributed by atoms with Crippen LogP contribution in [0.25, 0.3) is 0 Å². The second-order valence-corrected chi connectivity index (χ2v) is 6.35. The summed E-state index contributed by atoms with van der Waals surface area (Å²) in [5.41, 5.74) is 2.38. The summed E-state index contributed by atoms with van der Waals surface area (Å²) in [7, 11) is 0. The lowest BCUT2D eigenvalue weighted by molar-refractivity contribution is 0.0707. The predicted octanol–water partition coefficient (Wildman–Crippen LogP) is 2.83. The lowest BCUT2D eigenvalue weighted by Gasteiger charge is -2.37. The minimum absolute atomic E-state index is 0.0112. The van der Waals surface area contributed by atoms with Gasteiger partial charge in [-0.2, -0.15) is 0 Å². The molecule has 0 unspecified atom stereocenters. The van der Waals surface area contributed by atoms with Gasteiger partial charge in [0.05, 0.1) is 5.56 Å². The first kappa shape index (κ1) is 15.6. The van der Waals surface area contributed by atoms with E-state index < -0.39 is 0 Å². The van der Waals surface area contributed by atoms with Crippen LogP contribution in [0.5, 0.6) is 0 Å². The van der Waals surface area contributed by atoms with E-state index in [-0.39, 0.29) is 12.1 Å². The Balaban J connectivity index is 1.65. The zero-order chi connectivity index (χ0) is 17.2. The molecule has 0 radical (unpaired) electrons. The number of nitrogens with zero attached hydrogens (tertiary/aromatic N) is 4. The Labute approximate surface area is 147 Å². The topological polar surface area (TPSA) is 61.4 Å². The number of carbonyl (C=O) groups excluding carboxylic acids is 1. The lowest BCUT2D eigenvalue weighted by atomic mass is 10.1. The van der Waals surface area contributed by atoms with Crippen LogP contribution in [0.4, 0.5) is 11.6 Å². The third-order valence-corrected chi connectivity index (χ3v) is 4.71. The number of hydrogen-bond donors (Lipinski definition) is 1. The predicted molar refractivity (Wildman–Crippen MR) is 97.5 cm³/mol. The second-order valence-electron chi connectivity index (χ2n) is 6.35. The summed E-state index contributed by atoms with van der Waals surface area (Å²) in [6.45, 7) is 6.26. The van der Waals surface area contributed by atoms with Crippen molar-refractivity contribution < 1.29 is 4.79 Å². The molecule has 3 heterocycles. The molecule has 1 N–H and O–H groups in total. The highest BCUT2D eigenvalue weighted by molar-refractivity contribution is 6.01. The maximum Gasteiger partial charge on any atom is 0.258 e.